The first-order valence-electron chi connectivity index (χ1n) is 13.4. The summed E-state index contributed by atoms with van der Waals surface area (Å²) < 4.78 is 2.45. The largest absolute Gasteiger partial charge is 0.378 e. The Morgan fingerprint density at radius 3 is 2.08 bits per heavy atom. The molecule has 3 aromatic carbocycles. The number of fused-ring (bicyclic) bond motifs is 4. The van der Waals surface area contributed by atoms with Crippen molar-refractivity contribution in [2.45, 2.75) is 65.5 Å². The lowest BCUT2D eigenvalue weighted by Gasteiger charge is -2.41. The van der Waals surface area contributed by atoms with Crippen molar-refractivity contribution in [2.75, 3.05) is 5.32 Å². The summed E-state index contributed by atoms with van der Waals surface area (Å²) in [6.45, 7) is 13.0. The molecule has 1 N–H and O–H groups in total. The number of para-hydroxylation sites is 1. The van der Waals surface area contributed by atoms with Crippen LogP contribution in [0.25, 0.3) is 0 Å². The highest BCUT2D eigenvalue weighted by atomic mass is 15.0. The van der Waals surface area contributed by atoms with Crippen LogP contribution in [0.2, 0.25) is 0 Å². The summed E-state index contributed by atoms with van der Waals surface area (Å²) in [6, 6.07) is 32.0. The molecule has 0 saturated carbocycles. The van der Waals surface area contributed by atoms with E-state index in [2.05, 4.69) is 136 Å². The lowest BCUT2D eigenvalue weighted by atomic mass is 9.66. The molecule has 3 unspecified atom stereocenters. The Balaban J connectivity index is 1.47. The number of nitrogens with one attached hydrogen (secondary N) is 1. The Labute approximate surface area is 216 Å². The van der Waals surface area contributed by atoms with Gasteiger partial charge < -0.3 is 9.88 Å². The van der Waals surface area contributed by atoms with Gasteiger partial charge in [-0.2, -0.15) is 0 Å². The van der Waals surface area contributed by atoms with E-state index in [1.807, 2.05) is 0 Å². The van der Waals surface area contributed by atoms with Gasteiger partial charge in [-0.3, -0.25) is 0 Å². The molecule has 1 aromatic heterocycles. The van der Waals surface area contributed by atoms with E-state index in [-0.39, 0.29) is 16.9 Å². The zero-order valence-electron chi connectivity index (χ0n) is 22.3. The Kier molecular flexibility index (Phi) is 5.41. The second-order valence-electron chi connectivity index (χ2n) is 12.6. The van der Waals surface area contributed by atoms with Gasteiger partial charge in [0.1, 0.15) is 0 Å². The molecule has 4 aromatic rings. The number of hydrogen-bond acceptors (Lipinski definition) is 1. The number of aromatic nitrogens is 1. The van der Waals surface area contributed by atoms with Gasteiger partial charge in [-0.25, -0.2) is 0 Å². The average molecular weight is 475 g/mol. The molecule has 0 spiro atoms. The average Bonchev–Trinajstić information content (AvgIpc) is 3.24. The SMILES string of the molecule is CC(C)(C)C1c2ccccc2NC(CC(C)(C)C2c3ccccc3Cn3cccc32)c2ccccc21. The Hall–Kier alpha value is -3.26. The van der Waals surface area contributed by atoms with Crippen LogP contribution < -0.4 is 5.32 Å². The topological polar surface area (TPSA) is 17.0 Å². The molecular weight excluding hydrogens is 436 g/mol. The maximum Gasteiger partial charge on any atom is 0.0522 e. The van der Waals surface area contributed by atoms with Gasteiger partial charge in [-0.1, -0.05) is 101 Å². The van der Waals surface area contributed by atoms with Crippen molar-refractivity contribution < 1.29 is 0 Å². The van der Waals surface area contributed by atoms with E-state index in [1.54, 1.807) is 0 Å². The van der Waals surface area contributed by atoms with Crippen molar-refractivity contribution in [1.82, 2.24) is 4.57 Å². The molecular formula is C34H38N2. The van der Waals surface area contributed by atoms with Crippen LogP contribution in [0, 0.1) is 10.8 Å². The maximum absolute atomic E-state index is 4.05. The van der Waals surface area contributed by atoms with Crippen molar-refractivity contribution in [1.29, 1.82) is 0 Å². The van der Waals surface area contributed by atoms with Gasteiger partial charge in [0.25, 0.3) is 0 Å². The third kappa shape index (κ3) is 3.79. The summed E-state index contributed by atoms with van der Waals surface area (Å²) in [7, 11) is 0. The second-order valence-corrected chi connectivity index (χ2v) is 12.6. The molecule has 2 heteroatoms. The summed E-state index contributed by atoms with van der Waals surface area (Å²) >= 11 is 0. The quantitative estimate of drug-likeness (QED) is 0.314. The summed E-state index contributed by atoms with van der Waals surface area (Å²) in [6.07, 6.45) is 3.29. The number of anilines is 1. The molecule has 3 atom stereocenters. The minimum atomic E-state index is 0.0356. The van der Waals surface area contributed by atoms with E-state index in [1.165, 1.54) is 39.2 Å². The predicted molar refractivity (Wildman–Crippen MR) is 151 cm³/mol. The van der Waals surface area contributed by atoms with Gasteiger partial charge in [0.15, 0.2) is 0 Å². The van der Waals surface area contributed by atoms with Crippen LogP contribution in [0.1, 0.15) is 92.4 Å². The van der Waals surface area contributed by atoms with Gasteiger partial charge in [-0.15, -0.1) is 0 Å². The molecule has 0 fully saturated rings. The minimum absolute atomic E-state index is 0.0356. The molecule has 184 valence electrons. The van der Waals surface area contributed by atoms with Gasteiger partial charge in [0.05, 0.1) is 6.04 Å². The van der Waals surface area contributed by atoms with Crippen LogP contribution in [0.5, 0.6) is 0 Å². The molecule has 2 aliphatic rings. The molecule has 2 aliphatic heterocycles. The molecule has 0 amide bonds. The molecule has 3 heterocycles. The van der Waals surface area contributed by atoms with Gasteiger partial charge in [0, 0.05) is 36.0 Å². The number of rotatable bonds is 3. The third-order valence-electron chi connectivity index (χ3n) is 8.53. The van der Waals surface area contributed by atoms with E-state index in [4.69, 9.17) is 0 Å². The lowest BCUT2D eigenvalue weighted by Crippen LogP contribution is -2.32. The number of hydrogen-bond donors (Lipinski definition) is 1. The lowest BCUT2D eigenvalue weighted by molar-refractivity contribution is 0.261. The monoisotopic (exact) mass is 474 g/mol. The van der Waals surface area contributed by atoms with Crippen LogP contribution in [-0.4, -0.2) is 4.57 Å². The van der Waals surface area contributed by atoms with Gasteiger partial charge in [0.2, 0.25) is 0 Å². The summed E-state index contributed by atoms with van der Waals surface area (Å²) in [5, 5.41) is 4.05. The Morgan fingerprint density at radius 1 is 0.694 bits per heavy atom. The molecule has 0 saturated heterocycles. The van der Waals surface area contributed by atoms with Crippen LogP contribution in [0.4, 0.5) is 5.69 Å². The van der Waals surface area contributed by atoms with Crippen molar-refractivity contribution in [2.24, 2.45) is 10.8 Å². The first kappa shape index (κ1) is 23.2. The van der Waals surface area contributed by atoms with E-state index in [0.29, 0.717) is 11.8 Å². The summed E-state index contributed by atoms with van der Waals surface area (Å²) in [5.41, 5.74) is 10.1. The third-order valence-corrected chi connectivity index (χ3v) is 8.53. The minimum Gasteiger partial charge on any atom is -0.378 e. The first-order valence-corrected chi connectivity index (χ1v) is 13.4. The second kappa shape index (κ2) is 8.40. The fraction of sp³-hybridized carbons (Fsp3) is 0.353. The van der Waals surface area contributed by atoms with Crippen molar-refractivity contribution in [3.8, 4) is 0 Å². The van der Waals surface area contributed by atoms with Gasteiger partial charge >= 0.3 is 0 Å². The van der Waals surface area contributed by atoms with Crippen LogP contribution in [0.3, 0.4) is 0 Å². The molecule has 0 bridgehead atoms. The summed E-state index contributed by atoms with van der Waals surface area (Å²) in [5.74, 6) is 0.696. The van der Waals surface area contributed by atoms with Crippen molar-refractivity contribution >= 4 is 5.69 Å². The molecule has 0 radical (unpaired) electrons. The van der Waals surface area contributed by atoms with E-state index >= 15 is 0 Å². The Bertz CT molecular complexity index is 1400. The van der Waals surface area contributed by atoms with Crippen LogP contribution in [-0.2, 0) is 6.54 Å². The van der Waals surface area contributed by atoms with E-state index in [0.717, 1.165) is 13.0 Å². The van der Waals surface area contributed by atoms with Crippen LogP contribution >= 0.6 is 0 Å². The smallest absolute Gasteiger partial charge is 0.0522 e. The maximum atomic E-state index is 4.05. The van der Waals surface area contributed by atoms with Crippen LogP contribution in [0.15, 0.2) is 91.1 Å². The number of nitrogens with zero attached hydrogens (tertiary/aromatic N) is 1. The number of benzene rings is 3. The van der Waals surface area contributed by atoms with Crippen molar-refractivity contribution in [3.05, 3.63) is 125 Å². The fourth-order valence-electron chi connectivity index (χ4n) is 7.10. The molecule has 0 aliphatic carbocycles. The Morgan fingerprint density at radius 2 is 1.33 bits per heavy atom. The van der Waals surface area contributed by atoms with Gasteiger partial charge in [-0.05, 0) is 63.3 Å². The highest BCUT2D eigenvalue weighted by molar-refractivity contribution is 5.61. The fourth-order valence-corrected chi connectivity index (χ4v) is 7.10. The highest BCUT2D eigenvalue weighted by Gasteiger charge is 2.41. The highest BCUT2D eigenvalue weighted by Crippen LogP contribution is 2.53. The molecule has 6 rings (SSSR count). The van der Waals surface area contributed by atoms with Crippen molar-refractivity contribution in [3.63, 3.8) is 0 Å². The standard InChI is InChI=1S/C34H38N2/c1-33(2,3)31-26-16-9-8-15-25(26)29(35-28-18-11-10-17-27(28)31)21-34(4,5)32-24-14-7-6-13-23(24)22-36-20-12-19-30(32)36/h6-20,29,31-32,35H,21-22H2,1-5H3. The zero-order valence-corrected chi connectivity index (χ0v) is 22.3. The van der Waals surface area contributed by atoms with E-state index in [9.17, 15) is 0 Å². The van der Waals surface area contributed by atoms with E-state index < -0.39 is 0 Å². The first-order chi connectivity index (χ1) is 17.2. The summed E-state index contributed by atoms with van der Waals surface area (Å²) in [4.78, 5) is 0. The predicted octanol–water partition coefficient (Wildman–Crippen LogP) is 8.74. The zero-order chi connectivity index (χ0) is 25.1. The molecule has 2 nitrogen and oxygen atoms in total. The normalized spacial score (nSPS) is 20.9. The molecule has 36 heavy (non-hydrogen) atoms.